The predicted octanol–water partition coefficient (Wildman–Crippen LogP) is 3.61. The Morgan fingerprint density at radius 2 is 1.74 bits per heavy atom. The zero-order valence-electron chi connectivity index (χ0n) is 11.4. The average Bonchev–Trinajstić information content (AvgIpc) is 2.37. The molecular weight excluding hydrogens is 239 g/mol. The van der Waals surface area contributed by atoms with E-state index in [-0.39, 0.29) is 5.82 Å². The second-order valence-electron chi connectivity index (χ2n) is 4.77. The van der Waals surface area contributed by atoms with Gasteiger partial charge in [-0.1, -0.05) is 19.1 Å². The smallest absolute Gasteiger partial charge is 0.125 e. The van der Waals surface area contributed by atoms with Crippen LogP contribution in [0.5, 0.6) is 0 Å². The van der Waals surface area contributed by atoms with Crippen molar-refractivity contribution in [1.82, 2.24) is 0 Å². The van der Waals surface area contributed by atoms with E-state index in [1.165, 1.54) is 17.7 Å². The number of nitrogen functional groups attached to an aromatic ring is 1. The number of rotatable bonds is 4. The second-order valence-corrected chi connectivity index (χ2v) is 4.77. The van der Waals surface area contributed by atoms with Crippen molar-refractivity contribution in [3.05, 3.63) is 59.4 Å². The highest BCUT2D eigenvalue weighted by atomic mass is 19.1. The summed E-state index contributed by atoms with van der Waals surface area (Å²) in [5.41, 5.74) is 9.41. The molecule has 0 aliphatic rings. The van der Waals surface area contributed by atoms with Gasteiger partial charge in [0.25, 0.3) is 0 Å². The van der Waals surface area contributed by atoms with E-state index in [1.807, 2.05) is 7.05 Å². The van der Waals surface area contributed by atoms with Crippen LogP contribution in [-0.4, -0.2) is 7.05 Å². The quantitative estimate of drug-likeness (QED) is 0.849. The maximum Gasteiger partial charge on any atom is 0.125 e. The van der Waals surface area contributed by atoms with E-state index < -0.39 is 0 Å². The molecule has 0 aromatic heterocycles. The molecule has 0 saturated heterocycles. The predicted molar refractivity (Wildman–Crippen MR) is 78.7 cm³/mol. The molecule has 3 heteroatoms. The van der Waals surface area contributed by atoms with E-state index in [4.69, 9.17) is 5.73 Å². The first kappa shape index (κ1) is 13.4. The highest BCUT2D eigenvalue weighted by Gasteiger charge is 2.04. The lowest BCUT2D eigenvalue weighted by Gasteiger charge is -2.20. The van der Waals surface area contributed by atoms with Gasteiger partial charge in [-0.3, -0.25) is 0 Å². The summed E-state index contributed by atoms with van der Waals surface area (Å²) in [5, 5.41) is 0. The number of hydrogen-bond acceptors (Lipinski definition) is 2. The molecule has 2 aromatic carbocycles. The van der Waals surface area contributed by atoms with Crippen molar-refractivity contribution in [3.8, 4) is 0 Å². The van der Waals surface area contributed by atoms with Crippen molar-refractivity contribution in [2.45, 2.75) is 19.9 Å². The standard InChI is InChI=1S/C16H19FN2/c1-3-12-4-6-16(7-5-12)19(2)11-13-8-14(17)10-15(18)9-13/h4-10H,3,11,18H2,1-2H3. The first-order chi connectivity index (χ1) is 9.08. The number of nitrogens with zero attached hydrogens (tertiary/aromatic N) is 1. The number of benzene rings is 2. The van der Waals surface area contributed by atoms with Crippen LogP contribution in [-0.2, 0) is 13.0 Å². The minimum Gasteiger partial charge on any atom is -0.399 e. The van der Waals surface area contributed by atoms with Gasteiger partial charge in [-0.25, -0.2) is 4.39 Å². The lowest BCUT2D eigenvalue weighted by atomic mass is 10.1. The molecule has 0 bridgehead atoms. The third-order valence-electron chi connectivity index (χ3n) is 3.19. The number of hydrogen-bond donors (Lipinski definition) is 1. The molecular formula is C16H19FN2. The molecule has 2 nitrogen and oxygen atoms in total. The maximum absolute atomic E-state index is 13.3. The third kappa shape index (κ3) is 3.47. The largest absolute Gasteiger partial charge is 0.399 e. The van der Waals surface area contributed by atoms with Crippen LogP contribution in [0.25, 0.3) is 0 Å². The normalized spacial score (nSPS) is 10.5. The second kappa shape index (κ2) is 5.74. The van der Waals surface area contributed by atoms with Gasteiger partial charge in [-0.05, 0) is 47.9 Å². The Kier molecular flexibility index (Phi) is 4.05. The lowest BCUT2D eigenvalue weighted by molar-refractivity contribution is 0.626. The van der Waals surface area contributed by atoms with Crippen LogP contribution < -0.4 is 10.6 Å². The van der Waals surface area contributed by atoms with Gasteiger partial charge in [0.1, 0.15) is 5.82 Å². The molecule has 0 saturated carbocycles. The van der Waals surface area contributed by atoms with Gasteiger partial charge in [0.2, 0.25) is 0 Å². The molecule has 2 N–H and O–H groups in total. The summed E-state index contributed by atoms with van der Waals surface area (Å²) in [6.07, 6.45) is 1.03. The van der Waals surface area contributed by atoms with Gasteiger partial charge in [-0.15, -0.1) is 0 Å². The van der Waals surface area contributed by atoms with Crippen LogP contribution in [0, 0.1) is 5.82 Å². The molecule has 2 aromatic rings. The van der Waals surface area contributed by atoms with Crippen LogP contribution in [0.3, 0.4) is 0 Å². The molecule has 0 radical (unpaired) electrons. The van der Waals surface area contributed by atoms with Crippen molar-refractivity contribution in [2.75, 3.05) is 17.7 Å². The van der Waals surface area contributed by atoms with Crippen LogP contribution in [0.15, 0.2) is 42.5 Å². The molecule has 0 unspecified atom stereocenters. The van der Waals surface area contributed by atoms with Gasteiger partial charge in [0.05, 0.1) is 0 Å². The van der Waals surface area contributed by atoms with E-state index in [0.717, 1.165) is 17.7 Å². The molecule has 0 spiro atoms. The fourth-order valence-corrected chi connectivity index (χ4v) is 2.12. The number of halogens is 1. The van der Waals surface area contributed by atoms with Gasteiger partial charge >= 0.3 is 0 Å². The molecule has 0 amide bonds. The van der Waals surface area contributed by atoms with Gasteiger partial charge in [0, 0.05) is 25.0 Å². The monoisotopic (exact) mass is 258 g/mol. The van der Waals surface area contributed by atoms with Crippen LogP contribution in [0.1, 0.15) is 18.1 Å². The highest BCUT2D eigenvalue weighted by molar-refractivity contribution is 5.49. The zero-order chi connectivity index (χ0) is 13.8. The minimum absolute atomic E-state index is 0.287. The van der Waals surface area contributed by atoms with Crippen molar-refractivity contribution in [1.29, 1.82) is 0 Å². The Morgan fingerprint density at radius 1 is 1.05 bits per heavy atom. The Bertz CT molecular complexity index is 529. The first-order valence-corrected chi connectivity index (χ1v) is 6.43. The topological polar surface area (TPSA) is 29.3 Å². The van der Waals surface area contributed by atoms with Gasteiger partial charge in [0.15, 0.2) is 0 Å². The average molecular weight is 258 g/mol. The van der Waals surface area contributed by atoms with E-state index in [2.05, 4.69) is 36.1 Å². The lowest BCUT2D eigenvalue weighted by Crippen LogP contribution is -2.16. The summed E-state index contributed by atoms with van der Waals surface area (Å²) in [7, 11) is 1.99. The van der Waals surface area contributed by atoms with E-state index in [1.54, 1.807) is 6.07 Å². The van der Waals surface area contributed by atoms with E-state index in [0.29, 0.717) is 12.2 Å². The molecule has 0 atom stereocenters. The fraction of sp³-hybridized carbons (Fsp3) is 0.250. The molecule has 0 aliphatic heterocycles. The van der Waals surface area contributed by atoms with Crippen LogP contribution >= 0.6 is 0 Å². The van der Waals surface area contributed by atoms with Crippen molar-refractivity contribution < 1.29 is 4.39 Å². The van der Waals surface area contributed by atoms with Gasteiger partial charge < -0.3 is 10.6 Å². The zero-order valence-corrected chi connectivity index (χ0v) is 11.4. The number of aryl methyl sites for hydroxylation is 1. The molecule has 2 rings (SSSR count). The summed E-state index contributed by atoms with van der Waals surface area (Å²) in [6, 6.07) is 13.1. The highest BCUT2D eigenvalue weighted by Crippen LogP contribution is 2.18. The van der Waals surface area contributed by atoms with Crippen molar-refractivity contribution in [2.24, 2.45) is 0 Å². The van der Waals surface area contributed by atoms with E-state index >= 15 is 0 Å². The van der Waals surface area contributed by atoms with Crippen molar-refractivity contribution in [3.63, 3.8) is 0 Å². The van der Waals surface area contributed by atoms with Gasteiger partial charge in [-0.2, -0.15) is 0 Å². The maximum atomic E-state index is 13.3. The molecule has 0 aliphatic carbocycles. The molecule has 100 valence electrons. The summed E-state index contributed by atoms with van der Waals surface area (Å²) >= 11 is 0. The Hall–Kier alpha value is -2.03. The third-order valence-corrected chi connectivity index (χ3v) is 3.19. The Morgan fingerprint density at radius 3 is 2.32 bits per heavy atom. The summed E-state index contributed by atoms with van der Waals surface area (Å²) < 4.78 is 13.3. The summed E-state index contributed by atoms with van der Waals surface area (Å²) in [5.74, 6) is -0.287. The molecule has 19 heavy (non-hydrogen) atoms. The number of nitrogens with two attached hydrogens (primary N) is 1. The summed E-state index contributed by atoms with van der Waals surface area (Å²) in [4.78, 5) is 2.08. The van der Waals surface area contributed by atoms with Crippen LogP contribution in [0.2, 0.25) is 0 Å². The van der Waals surface area contributed by atoms with Crippen LogP contribution in [0.4, 0.5) is 15.8 Å². The molecule has 0 fully saturated rings. The number of anilines is 2. The SMILES string of the molecule is CCc1ccc(N(C)Cc2cc(N)cc(F)c2)cc1. The Balaban J connectivity index is 2.13. The fourth-order valence-electron chi connectivity index (χ4n) is 2.12. The van der Waals surface area contributed by atoms with Crippen molar-refractivity contribution >= 4 is 11.4 Å². The van der Waals surface area contributed by atoms with E-state index in [9.17, 15) is 4.39 Å². The molecule has 0 heterocycles. The Labute approximate surface area is 113 Å². The minimum atomic E-state index is -0.287. The summed E-state index contributed by atoms with van der Waals surface area (Å²) in [6.45, 7) is 2.77. The first-order valence-electron chi connectivity index (χ1n) is 6.43.